The minimum atomic E-state index is -3.69. The van der Waals surface area contributed by atoms with Crippen LogP contribution < -0.4 is 0 Å². The van der Waals surface area contributed by atoms with Crippen LogP contribution in [0.5, 0.6) is 0 Å². The topological polar surface area (TPSA) is 65.1 Å². The first-order valence-corrected chi connectivity index (χ1v) is 15.8. The molecule has 1 atom stereocenters. The van der Waals surface area contributed by atoms with Crippen molar-refractivity contribution in [2.75, 3.05) is 32.9 Å². The molecule has 196 valence electrons. The molecule has 0 N–H and O–H groups in total. The van der Waals surface area contributed by atoms with Gasteiger partial charge in [0, 0.05) is 44.0 Å². The fraction of sp³-hybridized carbons (Fsp3) is 0.429. The Balaban J connectivity index is 2.15. The Labute approximate surface area is 218 Å². The maximum absolute atomic E-state index is 13.7. The van der Waals surface area contributed by atoms with E-state index in [1.807, 2.05) is 84.0 Å². The van der Waals surface area contributed by atoms with Crippen LogP contribution in [0.3, 0.4) is 0 Å². The van der Waals surface area contributed by atoms with Gasteiger partial charge in [-0.3, -0.25) is 0 Å². The van der Waals surface area contributed by atoms with Gasteiger partial charge in [-0.2, -0.15) is 4.31 Å². The maximum Gasteiger partial charge on any atom is 0.533 e. The summed E-state index contributed by atoms with van der Waals surface area (Å²) in [6.45, 7) is 13.7. The predicted molar refractivity (Wildman–Crippen MR) is 147 cm³/mol. The first kappa shape index (κ1) is 28.5. The van der Waals surface area contributed by atoms with Gasteiger partial charge in [0.05, 0.1) is 4.90 Å². The van der Waals surface area contributed by atoms with Crippen LogP contribution in [0.1, 0.15) is 45.7 Å². The van der Waals surface area contributed by atoms with Crippen molar-refractivity contribution in [3.8, 4) is 0 Å². The van der Waals surface area contributed by atoms with E-state index in [2.05, 4.69) is 6.08 Å². The normalized spacial score (nSPS) is 18.1. The highest BCUT2D eigenvalue weighted by Gasteiger charge is 2.52. The lowest BCUT2D eigenvalue weighted by molar-refractivity contribution is 0.0781. The van der Waals surface area contributed by atoms with Crippen molar-refractivity contribution in [1.82, 2.24) is 4.31 Å². The summed E-state index contributed by atoms with van der Waals surface area (Å²) in [5, 5.41) is 0.955. The first-order valence-electron chi connectivity index (χ1n) is 12.6. The molecule has 3 rings (SSSR count). The maximum atomic E-state index is 13.7. The van der Waals surface area contributed by atoms with Crippen LogP contribution in [0.15, 0.2) is 75.8 Å². The summed E-state index contributed by atoms with van der Waals surface area (Å²) >= 11 is 0. The van der Waals surface area contributed by atoms with Crippen molar-refractivity contribution < 1.29 is 21.7 Å². The molecule has 8 heteroatoms. The number of nitrogens with zero attached hydrogens (tertiary/aromatic N) is 1. The highest BCUT2D eigenvalue weighted by Crippen LogP contribution is 2.40. The van der Waals surface area contributed by atoms with Crippen molar-refractivity contribution in [2.45, 2.75) is 46.4 Å². The quantitative estimate of drug-likeness (QED) is 0.353. The van der Waals surface area contributed by atoms with Gasteiger partial charge in [-0.05, 0) is 64.8 Å². The van der Waals surface area contributed by atoms with Gasteiger partial charge in [-0.15, -0.1) is 0 Å². The number of hydrogen-bond acceptors (Lipinski definition) is 5. The van der Waals surface area contributed by atoms with Crippen molar-refractivity contribution >= 4 is 24.9 Å². The van der Waals surface area contributed by atoms with E-state index in [0.29, 0.717) is 37.8 Å². The van der Waals surface area contributed by atoms with E-state index >= 15 is 0 Å². The second-order valence-electron chi connectivity index (χ2n) is 9.06. The average molecular weight is 530 g/mol. The third-order valence-corrected chi connectivity index (χ3v) is 11.6. The highest BCUT2D eigenvalue weighted by molar-refractivity contribution is 7.89. The molecule has 36 heavy (non-hydrogen) atoms. The van der Waals surface area contributed by atoms with Crippen LogP contribution >= 0.6 is 0 Å². The first-order chi connectivity index (χ1) is 17.2. The van der Waals surface area contributed by atoms with Crippen molar-refractivity contribution in [1.29, 1.82) is 0 Å². The zero-order valence-electron chi connectivity index (χ0n) is 22.3. The Morgan fingerprint density at radius 3 is 2.00 bits per heavy atom. The fourth-order valence-corrected chi connectivity index (χ4v) is 9.34. The summed E-state index contributed by atoms with van der Waals surface area (Å²) in [5.41, 5.74) is 4.09. The summed E-state index contributed by atoms with van der Waals surface area (Å²) in [5.74, 6) is -0.216. The van der Waals surface area contributed by atoms with Crippen molar-refractivity contribution in [2.24, 2.45) is 5.92 Å². The lowest BCUT2D eigenvalue weighted by Crippen LogP contribution is -2.51. The molecular formula is C28H39NO5SSi. The number of benzene rings is 2. The molecule has 0 aromatic heterocycles. The van der Waals surface area contributed by atoms with Crippen molar-refractivity contribution in [3.05, 3.63) is 82.1 Å². The molecule has 0 bridgehead atoms. The zero-order valence-corrected chi connectivity index (χ0v) is 24.1. The molecule has 0 saturated carbocycles. The minimum absolute atomic E-state index is 0.216. The van der Waals surface area contributed by atoms with Crippen LogP contribution in [0.2, 0.25) is 0 Å². The minimum Gasteiger partial charge on any atom is -0.370 e. The molecule has 0 aliphatic carbocycles. The van der Waals surface area contributed by atoms with Crippen LogP contribution in [0.25, 0.3) is 6.08 Å². The summed E-state index contributed by atoms with van der Waals surface area (Å²) in [6, 6.07) is 17.0. The van der Waals surface area contributed by atoms with E-state index in [1.165, 1.54) is 0 Å². The summed E-state index contributed by atoms with van der Waals surface area (Å²) < 4.78 is 47.9. The number of allylic oxidation sites excluding steroid dienone is 1. The smallest absolute Gasteiger partial charge is 0.370 e. The zero-order chi connectivity index (χ0) is 26.3. The van der Waals surface area contributed by atoms with Gasteiger partial charge in [-0.1, -0.05) is 59.7 Å². The summed E-state index contributed by atoms with van der Waals surface area (Å²) in [7, 11) is -6.96. The average Bonchev–Trinajstić information content (AvgIpc) is 3.24. The lowest BCUT2D eigenvalue weighted by Gasteiger charge is -2.34. The van der Waals surface area contributed by atoms with Crippen LogP contribution in [-0.2, 0) is 23.3 Å². The van der Waals surface area contributed by atoms with E-state index in [1.54, 1.807) is 16.4 Å². The van der Waals surface area contributed by atoms with Gasteiger partial charge in [0.15, 0.2) is 0 Å². The number of aryl methyl sites for hydroxylation is 1. The molecule has 1 fully saturated rings. The largest absolute Gasteiger partial charge is 0.533 e. The monoisotopic (exact) mass is 529 g/mol. The molecule has 1 aliphatic heterocycles. The third kappa shape index (κ3) is 6.25. The van der Waals surface area contributed by atoms with Gasteiger partial charge in [0.25, 0.3) is 0 Å². The van der Waals surface area contributed by atoms with Crippen molar-refractivity contribution in [3.63, 3.8) is 0 Å². The molecule has 1 aliphatic rings. The highest BCUT2D eigenvalue weighted by atomic mass is 32.2. The lowest BCUT2D eigenvalue weighted by atomic mass is 9.97. The van der Waals surface area contributed by atoms with E-state index in [4.69, 9.17) is 13.3 Å². The second-order valence-corrected chi connectivity index (χ2v) is 13.5. The van der Waals surface area contributed by atoms with Gasteiger partial charge < -0.3 is 13.3 Å². The van der Waals surface area contributed by atoms with Gasteiger partial charge >= 0.3 is 8.80 Å². The SMILES string of the molecule is CCO[Si](OCC)(OCC)C(=C(C)C)C1CN(S(=O)(=O)c2ccc(C)cc2)C/C1=C\c1ccccc1. The molecular weight excluding hydrogens is 490 g/mol. The Kier molecular flexibility index (Phi) is 9.85. The number of rotatable bonds is 11. The van der Waals surface area contributed by atoms with E-state index in [-0.39, 0.29) is 5.92 Å². The molecule has 1 unspecified atom stereocenters. The second kappa shape index (κ2) is 12.4. The fourth-order valence-electron chi connectivity index (χ4n) is 4.72. The van der Waals surface area contributed by atoms with E-state index < -0.39 is 18.8 Å². The van der Waals surface area contributed by atoms with Crippen LogP contribution in [0.4, 0.5) is 0 Å². The Morgan fingerprint density at radius 1 is 0.944 bits per heavy atom. The molecule has 0 amide bonds. The standard InChI is InChI=1S/C28H39NO5SSi/c1-7-32-36(33-8-2,34-9-3)28(22(4)5)27-21-29(20-25(27)19-24-13-11-10-12-14-24)35(30,31)26-17-15-23(6)16-18-26/h10-19,27H,7-9,20-21H2,1-6H3/b25-19+. The Bertz CT molecular complexity index is 1160. The molecule has 1 saturated heterocycles. The van der Waals surface area contributed by atoms with Crippen LogP contribution in [-0.4, -0.2) is 54.4 Å². The molecule has 0 radical (unpaired) electrons. The molecule has 1 heterocycles. The summed E-state index contributed by atoms with van der Waals surface area (Å²) in [4.78, 5) is 0.300. The Morgan fingerprint density at radius 2 is 1.50 bits per heavy atom. The summed E-state index contributed by atoms with van der Waals surface area (Å²) in [6.07, 6.45) is 2.10. The predicted octanol–water partition coefficient (Wildman–Crippen LogP) is 5.62. The van der Waals surface area contributed by atoms with E-state index in [0.717, 1.165) is 27.5 Å². The van der Waals surface area contributed by atoms with Gasteiger partial charge in [-0.25, -0.2) is 8.42 Å². The molecule has 2 aromatic carbocycles. The Hall–Kier alpha value is -2.07. The number of sulfonamides is 1. The molecule has 6 nitrogen and oxygen atoms in total. The van der Waals surface area contributed by atoms with Gasteiger partial charge in [0.2, 0.25) is 10.0 Å². The third-order valence-electron chi connectivity index (χ3n) is 6.22. The number of hydrogen-bond donors (Lipinski definition) is 0. The van der Waals surface area contributed by atoms with Gasteiger partial charge in [0.1, 0.15) is 0 Å². The van der Waals surface area contributed by atoms with E-state index in [9.17, 15) is 8.42 Å². The van der Waals surface area contributed by atoms with Crippen LogP contribution in [0, 0.1) is 12.8 Å². The molecule has 2 aromatic rings. The molecule has 0 spiro atoms.